The SMILES string of the molecule is COc1ccc(CN(C)CC(=O)N2c3ccccc3OCC2c2ccccc2)cc1. The number of hydrogen-bond acceptors (Lipinski definition) is 4. The summed E-state index contributed by atoms with van der Waals surface area (Å²) >= 11 is 0. The van der Waals surface area contributed by atoms with Crippen LogP contribution < -0.4 is 14.4 Å². The lowest BCUT2D eigenvalue weighted by Crippen LogP contribution is -2.45. The van der Waals surface area contributed by atoms with E-state index >= 15 is 0 Å². The number of anilines is 1. The highest BCUT2D eigenvalue weighted by atomic mass is 16.5. The largest absolute Gasteiger partial charge is 0.497 e. The number of nitrogens with zero attached hydrogens (tertiary/aromatic N) is 2. The average molecular weight is 402 g/mol. The van der Waals surface area contributed by atoms with Gasteiger partial charge in [-0.15, -0.1) is 0 Å². The van der Waals surface area contributed by atoms with E-state index in [0.29, 0.717) is 19.7 Å². The normalized spacial score (nSPS) is 15.4. The van der Waals surface area contributed by atoms with Gasteiger partial charge in [0.15, 0.2) is 0 Å². The number of likely N-dealkylation sites (N-methyl/N-ethyl adjacent to an activating group) is 1. The third kappa shape index (κ3) is 4.31. The molecule has 5 heteroatoms. The summed E-state index contributed by atoms with van der Waals surface area (Å²) in [7, 11) is 3.62. The molecule has 154 valence electrons. The van der Waals surface area contributed by atoms with Crippen molar-refractivity contribution in [2.45, 2.75) is 12.6 Å². The van der Waals surface area contributed by atoms with Crippen LogP contribution in [-0.2, 0) is 11.3 Å². The Morgan fingerprint density at radius 1 is 1.03 bits per heavy atom. The smallest absolute Gasteiger partial charge is 0.241 e. The van der Waals surface area contributed by atoms with Crippen LogP contribution >= 0.6 is 0 Å². The maximum atomic E-state index is 13.5. The van der Waals surface area contributed by atoms with Gasteiger partial charge in [0, 0.05) is 6.54 Å². The van der Waals surface area contributed by atoms with Crippen LogP contribution in [0.15, 0.2) is 78.9 Å². The number of carbonyl (C=O) groups excluding carboxylic acids is 1. The topological polar surface area (TPSA) is 42.0 Å². The predicted octanol–water partition coefficient (Wildman–Crippen LogP) is 4.29. The Bertz CT molecular complexity index is 989. The van der Waals surface area contributed by atoms with E-state index in [-0.39, 0.29) is 11.9 Å². The minimum absolute atomic E-state index is 0.0515. The maximum Gasteiger partial charge on any atom is 0.241 e. The first-order valence-electron chi connectivity index (χ1n) is 10.1. The van der Waals surface area contributed by atoms with Crippen molar-refractivity contribution >= 4 is 11.6 Å². The summed E-state index contributed by atoms with van der Waals surface area (Å²) in [4.78, 5) is 17.4. The third-order valence-corrected chi connectivity index (χ3v) is 5.30. The van der Waals surface area contributed by atoms with Crippen LogP contribution in [0.3, 0.4) is 0 Å². The molecule has 0 radical (unpaired) electrons. The fourth-order valence-electron chi connectivity index (χ4n) is 3.82. The molecule has 0 N–H and O–H groups in total. The first-order valence-corrected chi connectivity index (χ1v) is 10.1. The molecule has 5 nitrogen and oxygen atoms in total. The van der Waals surface area contributed by atoms with Crippen molar-refractivity contribution in [2.75, 3.05) is 32.2 Å². The third-order valence-electron chi connectivity index (χ3n) is 5.30. The van der Waals surface area contributed by atoms with E-state index < -0.39 is 0 Å². The quantitative estimate of drug-likeness (QED) is 0.617. The van der Waals surface area contributed by atoms with Crippen LogP contribution in [0, 0.1) is 0 Å². The Morgan fingerprint density at radius 3 is 2.47 bits per heavy atom. The van der Waals surface area contributed by atoms with E-state index in [4.69, 9.17) is 9.47 Å². The molecule has 1 aliphatic rings. The average Bonchev–Trinajstić information content (AvgIpc) is 2.79. The highest BCUT2D eigenvalue weighted by molar-refractivity contribution is 5.97. The van der Waals surface area contributed by atoms with Crippen LogP contribution in [0.4, 0.5) is 5.69 Å². The number of ether oxygens (including phenoxy) is 2. The van der Waals surface area contributed by atoms with Gasteiger partial charge in [0.05, 0.1) is 25.4 Å². The van der Waals surface area contributed by atoms with Gasteiger partial charge in [-0.2, -0.15) is 0 Å². The molecule has 4 rings (SSSR count). The molecule has 3 aromatic carbocycles. The molecular formula is C25H26N2O3. The van der Waals surface area contributed by atoms with Crippen LogP contribution in [0.5, 0.6) is 11.5 Å². The summed E-state index contributed by atoms with van der Waals surface area (Å²) in [5, 5.41) is 0. The van der Waals surface area contributed by atoms with E-state index in [0.717, 1.165) is 28.3 Å². The Morgan fingerprint density at radius 2 is 1.73 bits per heavy atom. The zero-order valence-corrected chi connectivity index (χ0v) is 17.3. The zero-order valence-electron chi connectivity index (χ0n) is 17.3. The number of fused-ring (bicyclic) bond motifs is 1. The summed E-state index contributed by atoms with van der Waals surface area (Å²) in [5.74, 6) is 1.62. The van der Waals surface area contributed by atoms with E-state index in [1.54, 1.807) is 7.11 Å². The van der Waals surface area contributed by atoms with Crippen LogP contribution in [0.1, 0.15) is 17.2 Å². The van der Waals surface area contributed by atoms with Crippen molar-refractivity contribution in [2.24, 2.45) is 0 Å². The van der Waals surface area contributed by atoms with Crippen LogP contribution in [0.2, 0.25) is 0 Å². The van der Waals surface area contributed by atoms with Crippen LogP contribution in [-0.4, -0.2) is 38.1 Å². The molecule has 0 fully saturated rings. The number of methoxy groups -OCH3 is 1. The highest BCUT2D eigenvalue weighted by Crippen LogP contribution is 2.39. The highest BCUT2D eigenvalue weighted by Gasteiger charge is 2.33. The Kier molecular flexibility index (Phi) is 6.00. The summed E-state index contributed by atoms with van der Waals surface area (Å²) in [6.45, 7) is 1.43. The standard InChI is InChI=1S/C25H26N2O3/c1-26(16-19-12-14-21(29-2)15-13-19)17-25(28)27-22-10-6-7-11-24(22)30-18-23(27)20-8-4-3-5-9-20/h3-15,23H,16-18H2,1-2H3. The minimum Gasteiger partial charge on any atom is -0.497 e. The summed E-state index contributed by atoms with van der Waals surface area (Å²) in [6.07, 6.45) is 0. The number of carbonyl (C=O) groups is 1. The second-order valence-corrected chi connectivity index (χ2v) is 7.49. The van der Waals surface area contributed by atoms with Crippen LogP contribution in [0.25, 0.3) is 0 Å². The number of amides is 1. The summed E-state index contributed by atoms with van der Waals surface area (Å²) in [6, 6.07) is 25.6. The van der Waals surface area contributed by atoms with Crippen molar-refractivity contribution in [3.05, 3.63) is 90.0 Å². The molecule has 0 bridgehead atoms. The van der Waals surface area contributed by atoms with Gasteiger partial charge in [-0.3, -0.25) is 14.6 Å². The molecule has 0 saturated carbocycles. The molecule has 0 spiro atoms. The number of hydrogen-bond donors (Lipinski definition) is 0. The molecule has 1 heterocycles. The van der Waals surface area contributed by atoms with Crippen molar-refractivity contribution in [1.82, 2.24) is 4.90 Å². The number of para-hydroxylation sites is 2. The molecule has 1 unspecified atom stereocenters. The van der Waals surface area contributed by atoms with Crippen molar-refractivity contribution in [1.29, 1.82) is 0 Å². The van der Waals surface area contributed by atoms with E-state index in [2.05, 4.69) is 0 Å². The zero-order chi connectivity index (χ0) is 20.9. The lowest BCUT2D eigenvalue weighted by molar-refractivity contribution is -0.120. The molecule has 1 atom stereocenters. The van der Waals surface area contributed by atoms with Crippen molar-refractivity contribution in [3.8, 4) is 11.5 Å². The molecule has 0 saturated heterocycles. The van der Waals surface area contributed by atoms with E-state index in [1.807, 2.05) is 95.7 Å². The maximum absolute atomic E-state index is 13.5. The van der Waals surface area contributed by atoms with E-state index in [9.17, 15) is 4.79 Å². The first-order chi connectivity index (χ1) is 14.7. The van der Waals surface area contributed by atoms with Gasteiger partial charge >= 0.3 is 0 Å². The lowest BCUT2D eigenvalue weighted by atomic mass is 10.0. The predicted molar refractivity (Wildman–Crippen MR) is 118 cm³/mol. The fraction of sp³-hybridized carbons (Fsp3) is 0.240. The molecule has 1 amide bonds. The summed E-state index contributed by atoms with van der Waals surface area (Å²) < 4.78 is 11.2. The van der Waals surface area contributed by atoms with Crippen molar-refractivity contribution < 1.29 is 14.3 Å². The van der Waals surface area contributed by atoms with Gasteiger partial charge in [0.1, 0.15) is 18.1 Å². The molecule has 0 aromatic heterocycles. The van der Waals surface area contributed by atoms with Gasteiger partial charge in [0.25, 0.3) is 0 Å². The molecule has 0 aliphatic carbocycles. The van der Waals surface area contributed by atoms with Gasteiger partial charge in [-0.1, -0.05) is 54.6 Å². The van der Waals surface area contributed by atoms with Gasteiger partial charge in [-0.25, -0.2) is 0 Å². The molecule has 30 heavy (non-hydrogen) atoms. The Balaban J connectivity index is 1.54. The lowest BCUT2D eigenvalue weighted by Gasteiger charge is -2.38. The van der Waals surface area contributed by atoms with Gasteiger partial charge in [0.2, 0.25) is 5.91 Å². The second kappa shape index (κ2) is 9.01. The second-order valence-electron chi connectivity index (χ2n) is 7.49. The van der Waals surface area contributed by atoms with Gasteiger partial charge in [-0.05, 0) is 42.4 Å². The first kappa shape index (κ1) is 20.0. The van der Waals surface area contributed by atoms with Crippen molar-refractivity contribution in [3.63, 3.8) is 0 Å². The Hall–Kier alpha value is -3.31. The number of benzene rings is 3. The molecule has 3 aromatic rings. The monoisotopic (exact) mass is 402 g/mol. The number of rotatable bonds is 6. The molecule has 1 aliphatic heterocycles. The molecular weight excluding hydrogens is 376 g/mol. The van der Waals surface area contributed by atoms with E-state index in [1.165, 1.54) is 0 Å². The fourth-order valence-corrected chi connectivity index (χ4v) is 3.82. The van der Waals surface area contributed by atoms with Gasteiger partial charge < -0.3 is 9.47 Å². The summed E-state index contributed by atoms with van der Waals surface area (Å²) in [5.41, 5.74) is 3.02. The minimum atomic E-state index is -0.150. The Labute approximate surface area is 177 Å².